The summed E-state index contributed by atoms with van der Waals surface area (Å²) < 4.78 is 0. The minimum atomic E-state index is -0.423. The highest BCUT2D eigenvalue weighted by Gasteiger charge is 2.10. The van der Waals surface area contributed by atoms with E-state index in [1.54, 1.807) is 30.6 Å². The maximum atomic E-state index is 10.7. The first-order valence-corrected chi connectivity index (χ1v) is 5.28. The van der Waals surface area contributed by atoms with Crippen LogP contribution in [0, 0.1) is 10.1 Å². The van der Waals surface area contributed by atoms with Crippen molar-refractivity contribution in [3.8, 4) is 11.4 Å². The average Bonchev–Trinajstić information content (AvgIpc) is 2.82. The first kappa shape index (κ1) is 10.4. The SMILES string of the molecule is O=[N+]([O-])c1cccc(-c2nc3ccncc3[nH]2)c1. The van der Waals surface area contributed by atoms with Gasteiger partial charge < -0.3 is 4.98 Å². The first-order chi connectivity index (χ1) is 8.74. The summed E-state index contributed by atoms with van der Waals surface area (Å²) in [4.78, 5) is 21.7. The van der Waals surface area contributed by atoms with E-state index in [0.717, 1.165) is 11.0 Å². The molecule has 1 aromatic carbocycles. The fourth-order valence-electron chi connectivity index (χ4n) is 1.76. The predicted octanol–water partition coefficient (Wildman–Crippen LogP) is 2.53. The van der Waals surface area contributed by atoms with Crippen LogP contribution in [-0.4, -0.2) is 19.9 Å². The van der Waals surface area contributed by atoms with Crippen LogP contribution >= 0.6 is 0 Å². The molecule has 0 aliphatic rings. The maximum absolute atomic E-state index is 10.7. The van der Waals surface area contributed by atoms with Gasteiger partial charge in [-0.25, -0.2) is 4.98 Å². The molecule has 3 aromatic rings. The Morgan fingerprint density at radius 3 is 2.94 bits per heavy atom. The third kappa shape index (κ3) is 1.69. The van der Waals surface area contributed by atoms with Gasteiger partial charge in [-0.1, -0.05) is 12.1 Å². The Balaban J connectivity index is 2.13. The zero-order chi connectivity index (χ0) is 12.5. The van der Waals surface area contributed by atoms with Crippen LogP contribution in [0.25, 0.3) is 22.4 Å². The van der Waals surface area contributed by atoms with Crippen LogP contribution in [0.15, 0.2) is 42.7 Å². The van der Waals surface area contributed by atoms with Crippen LogP contribution in [0.1, 0.15) is 0 Å². The number of nitrogens with zero attached hydrogens (tertiary/aromatic N) is 3. The summed E-state index contributed by atoms with van der Waals surface area (Å²) in [7, 11) is 0. The molecule has 0 atom stereocenters. The van der Waals surface area contributed by atoms with Crippen LogP contribution in [0.3, 0.4) is 0 Å². The number of fused-ring (bicyclic) bond motifs is 1. The lowest BCUT2D eigenvalue weighted by molar-refractivity contribution is -0.384. The van der Waals surface area contributed by atoms with Gasteiger partial charge in [0.15, 0.2) is 0 Å². The number of nitro groups is 1. The maximum Gasteiger partial charge on any atom is 0.270 e. The highest BCUT2D eigenvalue weighted by molar-refractivity contribution is 5.78. The Hall–Kier alpha value is -2.76. The molecular weight excluding hydrogens is 232 g/mol. The average molecular weight is 240 g/mol. The molecule has 0 aliphatic heterocycles. The second kappa shape index (κ2) is 3.92. The van der Waals surface area contributed by atoms with Gasteiger partial charge in [-0.15, -0.1) is 0 Å². The molecule has 0 amide bonds. The van der Waals surface area contributed by atoms with Crippen molar-refractivity contribution in [3.63, 3.8) is 0 Å². The van der Waals surface area contributed by atoms with Crippen molar-refractivity contribution in [3.05, 3.63) is 52.8 Å². The molecule has 0 saturated heterocycles. The number of hydrogen-bond donors (Lipinski definition) is 1. The standard InChI is InChI=1S/C12H8N4O2/c17-16(18)9-3-1-2-8(6-9)12-14-10-4-5-13-7-11(10)15-12/h1-7H,(H,14,15). The Labute approximate surface area is 101 Å². The quantitative estimate of drug-likeness (QED) is 0.551. The molecule has 88 valence electrons. The van der Waals surface area contributed by atoms with E-state index in [0.29, 0.717) is 11.4 Å². The summed E-state index contributed by atoms with van der Waals surface area (Å²) in [6.45, 7) is 0. The number of aromatic nitrogens is 3. The lowest BCUT2D eigenvalue weighted by Crippen LogP contribution is -1.88. The fraction of sp³-hybridized carbons (Fsp3) is 0. The normalized spacial score (nSPS) is 10.7. The summed E-state index contributed by atoms with van der Waals surface area (Å²) in [6, 6.07) is 8.14. The van der Waals surface area contributed by atoms with Gasteiger partial charge in [0.2, 0.25) is 0 Å². The van der Waals surface area contributed by atoms with Gasteiger partial charge in [-0.2, -0.15) is 0 Å². The Morgan fingerprint density at radius 2 is 2.17 bits per heavy atom. The highest BCUT2D eigenvalue weighted by Crippen LogP contribution is 2.23. The summed E-state index contributed by atoms with van der Waals surface area (Å²) in [5.74, 6) is 0.599. The number of hydrogen-bond acceptors (Lipinski definition) is 4. The van der Waals surface area contributed by atoms with Gasteiger partial charge >= 0.3 is 0 Å². The number of rotatable bonds is 2. The van der Waals surface area contributed by atoms with Gasteiger partial charge in [-0.3, -0.25) is 15.1 Å². The molecule has 0 bridgehead atoms. The molecule has 0 spiro atoms. The largest absolute Gasteiger partial charge is 0.337 e. The summed E-state index contributed by atoms with van der Waals surface area (Å²) in [5, 5.41) is 10.7. The molecule has 2 aromatic heterocycles. The van der Waals surface area contributed by atoms with Crippen molar-refractivity contribution in [1.82, 2.24) is 15.0 Å². The molecule has 6 heteroatoms. The van der Waals surface area contributed by atoms with Crippen molar-refractivity contribution < 1.29 is 4.92 Å². The summed E-state index contributed by atoms with van der Waals surface area (Å²) >= 11 is 0. The van der Waals surface area contributed by atoms with E-state index in [4.69, 9.17) is 0 Å². The second-order valence-electron chi connectivity index (χ2n) is 3.79. The highest BCUT2D eigenvalue weighted by atomic mass is 16.6. The molecule has 0 unspecified atom stereocenters. The monoisotopic (exact) mass is 240 g/mol. The number of pyridine rings is 1. The van der Waals surface area contributed by atoms with E-state index >= 15 is 0 Å². The Kier molecular flexibility index (Phi) is 2.26. The van der Waals surface area contributed by atoms with Crippen LogP contribution in [0.5, 0.6) is 0 Å². The molecular formula is C12H8N4O2. The van der Waals surface area contributed by atoms with Crippen LogP contribution in [-0.2, 0) is 0 Å². The zero-order valence-electron chi connectivity index (χ0n) is 9.20. The molecule has 0 aliphatic carbocycles. The third-order valence-corrected chi connectivity index (χ3v) is 2.61. The topological polar surface area (TPSA) is 84.7 Å². The van der Waals surface area contributed by atoms with Crippen molar-refractivity contribution >= 4 is 16.7 Å². The number of nitro benzene ring substituents is 1. The number of non-ortho nitro benzene ring substituents is 1. The van der Waals surface area contributed by atoms with E-state index in [9.17, 15) is 10.1 Å². The van der Waals surface area contributed by atoms with Crippen molar-refractivity contribution in [2.45, 2.75) is 0 Å². The molecule has 3 rings (SSSR count). The number of H-pyrrole nitrogens is 1. The second-order valence-corrected chi connectivity index (χ2v) is 3.79. The number of nitrogens with one attached hydrogen (secondary N) is 1. The lowest BCUT2D eigenvalue weighted by Gasteiger charge is -1.96. The van der Waals surface area contributed by atoms with Crippen molar-refractivity contribution in [1.29, 1.82) is 0 Å². The van der Waals surface area contributed by atoms with Crippen LogP contribution in [0.4, 0.5) is 5.69 Å². The molecule has 0 radical (unpaired) electrons. The predicted molar refractivity (Wildman–Crippen MR) is 66.0 cm³/mol. The van der Waals surface area contributed by atoms with Gasteiger partial charge in [0.05, 0.1) is 22.2 Å². The van der Waals surface area contributed by atoms with Gasteiger partial charge in [0.1, 0.15) is 5.82 Å². The van der Waals surface area contributed by atoms with Crippen LogP contribution < -0.4 is 0 Å². The van der Waals surface area contributed by atoms with Crippen LogP contribution in [0.2, 0.25) is 0 Å². The number of benzene rings is 1. The minimum Gasteiger partial charge on any atom is -0.337 e. The van der Waals surface area contributed by atoms with Crippen molar-refractivity contribution in [2.24, 2.45) is 0 Å². The van der Waals surface area contributed by atoms with E-state index in [-0.39, 0.29) is 5.69 Å². The molecule has 18 heavy (non-hydrogen) atoms. The van der Waals surface area contributed by atoms with Gasteiger partial charge in [0, 0.05) is 23.9 Å². The van der Waals surface area contributed by atoms with E-state index in [2.05, 4.69) is 15.0 Å². The Bertz CT molecular complexity index is 703. The van der Waals surface area contributed by atoms with Crippen molar-refractivity contribution in [2.75, 3.05) is 0 Å². The fourth-order valence-corrected chi connectivity index (χ4v) is 1.76. The smallest absolute Gasteiger partial charge is 0.270 e. The van der Waals surface area contributed by atoms with Gasteiger partial charge in [0.25, 0.3) is 5.69 Å². The number of imidazole rings is 1. The zero-order valence-corrected chi connectivity index (χ0v) is 9.20. The Morgan fingerprint density at radius 1 is 1.28 bits per heavy atom. The lowest BCUT2D eigenvalue weighted by atomic mass is 10.2. The summed E-state index contributed by atoms with van der Waals surface area (Å²) in [5.41, 5.74) is 2.32. The van der Waals surface area contributed by atoms with E-state index < -0.39 is 4.92 Å². The first-order valence-electron chi connectivity index (χ1n) is 5.28. The third-order valence-electron chi connectivity index (χ3n) is 2.61. The number of aromatic amines is 1. The van der Waals surface area contributed by atoms with E-state index in [1.807, 2.05) is 0 Å². The van der Waals surface area contributed by atoms with Gasteiger partial charge in [-0.05, 0) is 6.07 Å². The molecule has 0 saturated carbocycles. The molecule has 2 heterocycles. The molecule has 1 N–H and O–H groups in total. The summed E-state index contributed by atoms with van der Waals surface area (Å²) in [6.07, 6.45) is 3.32. The molecule has 0 fully saturated rings. The van der Waals surface area contributed by atoms with E-state index in [1.165, 1.54) is 12.1 Å². The molecule has 6 nitrogen and oxygen atoms in total. The minimum absolute atomic E-state index is 0.0473.